The number of methoxy groups -OCH3 is 1. The molecule has 0 aliphatic heterocycles. The van der Waals surface area contributed by atoms with Gasteiger partial charge in [-0.3, -0.25) is 4.79 Å². The van der Waals surface area contributed by atoms with E-state index >= 15 is 0 Å². The van der Waals surface area contributed by atoms with E-state index in [0.717, 1.165) is 12.8 Å². The monoisotopic (exact) mass is 156 g/mol. The molecule has 0 spiro atoms. The highest BCUT2D eigenvalue weighted by Gasteiger charge is 2.29. The van der Waals surface area contributed by atoms with Gasteiger partial charge in [-0.1, -0.05) is 6.92 Å². The zero-order chi connectivity index (χ0) is 8.27. The summed E-state index contributed by atoms with van der Waals surface area (Å²) in [5.74, 6) is 1.25. The summed E-state index contributed by atoms with van der Waals surface area (Å²) in [4.78, 5) is 11.2. The third-order valence-corrected chi connectivity index (χ3v) is 2.03. The smallest absolute Gasteiger partial charge is 0.136 e. The number of rotatable bonds is 5. The highest BCUT2D eigenvalue weighted by atomic mass is 16.5. The summed E-state index contributed by atoms with van der Waals surface area (Å²) in [7, 11) is 1.68. The number of carbonyl (C=O) groups excluding carboxylic acids is 1. The van der Waals surface area contributed by atoms with Gasteiger partial charge in [0.1, 0.15) is 5.78 Å². The van der Waals surface area contributed by atoms with Gasteiger partial charge in [-0.25, -0.2) is 0 Å². The summed E-state index contributed by atoms with van der Waals surface area (Å²) >= 11 is 0. The molecular formula is C9H16O2. The quantitative estimate of drug-likeness (QED) is 0.605. The first kappa shape index (κ1) is 8.72. The van der Waals surface area contributed by atoms with Gasteiger partial charge < -0.3 is 4.74 Å². The Balaban J connectivity index is 2.12. The molecule has 1 aliphatic carbocycles. The molecule has 0 heterocycles. The van der Waals surface area contributed by atoms with Crippen molar-refractivity contribution in [2.24, 2.45) is 11.8 Å². The van der Waals surface area contributed by atoms with Crippen molar-refractivity contribution < 1.29 is 9.53 Å². The van der Waals surface area contributed by atoms with Crippen LogP contribution in [0, 0.1) is 11.8 Å². The number of ether oxygens (including phenoxy) is 1. The van der Waals surface area contributed by atoms with Crippen molar-refractivity contribution in [1.29, 1.82) is 0 Å². The maximum atomic E-state index is 11.2. The molecule has 1 atom stereocenters. The van der Waals surface area contributed by atoms with E-state index < -0.39 is 0 Å². The van der Waals surface area contributed by atoms with E-state index in [1.807, 2.05) is 0 Å². The minimum Gasteiger partial charge on any atom is -0.384 e. The van der Waals surface area contributed by atoms with Crippen LogP contribution in [0.4, 0.5) is 0 Å². The van der Waals surface area contributed by atoms with Crippen LogP contribution < -0.4 is 0 Å². The maximum absolute atomic E-state index is 11.2. The van der Waals surface area contributed by atoms with E-state index in [-0.39, 0.29) is 0 Å². The molecule has 11 heavy (non-hydrogen) atoms. The van der Waals surface area contributed by atoms with Crippen LogP contribution in [-0.2, 0) is 9.53 Å². The number of carbonyl (C=O) groups is 1. The van der Waals surface area contributed by atoms with Crippen LogP contribution >= 0.6 is 0 Å². The second-order valence-electron chi connectivity index (χ2n) is 3.51. The topological polar surface area (TPSA) is 26.3 Å². The average Bonchev–Trinajstić information content (AvgIpc) is 2.67. The van der Waals surface area contributed by atoms with Crippen molar-refractivity contribution >= 4 is 5.78 Å². The lowest BCUT2D eigenvalue weighted by molar-refractivity contribution is -0.121. The first-order valence-electron chi connectivity index (χ1n) is 4.25. The SMILES string of the molecule is COCC(C)CC(=O)C1CC1. The van der Waals surface area contributed by atoms with Gasteiger partial charge in [0.15, 0.2) is 0 Å². The molecule has 2 nitrogen and oxygen atoms in total. The molecule has 1 unspecified atom stereocenters. The normalized spacial score (nSPS) is 19.8. The molecule has 0 aromatic heterocycles. The van der Waals surface area contributed by atoms with Gasteiger partial charge in [0.2, 0.25) is 0 Å². The standard InChI is InChI=1S/C9H16O2/c1-7(6-11-2)5-9(10)8-3-4-8/h7-8H,3-6H2,1-2H3. The summed E-state index contributed by atoms with van der Waals surface area (Å²) in [5, 5.41) is 0. The van der Waals surface area contributed by atoms with E-state index in [9.17, 15) is 4.79 Å². The molecule has 1 fully saturated rings. The Morgan fingerprint density at radius 1 is 1.64 bits per heavy atom. The summed E-state index contributed by atoms with van der Waals surface area (Å²) in [5.41, 5.74) is 0. The van der Waals surface area contributed by atoms with Crippen LogP contribution in [0.1, 0.15) is 26.2 Å². The van der Waals surface area contributed by atoms with Crippen LogP contribution in [0.15, 0.2) is 0 Å². The highest BCUT2D eigenvalue weighted by Crippen LogP contribution is 2.31. The molecule has 0 bridgehead atoms. The number of hydrogen-bond donors (Lipinski definition) is 0. The van der Waals surface area contributed by atoms with Gasteiger partial charge in [-0.2, -0.15) is 0 Å². The molecule has 0 amide bonds. The second-order valence-corrected chi connectivity index (χ2v) is 3.51. The fourth-order valence-electron chi connectivity index (χ4n) is 1.26. The zero-order valence-corrected chi connectivity index (χ0v) is 7.30. The van der Waals surface area contributed by atoms with Crippen molar-refractivity contribution in [2.75, 3.05) is 13.7 Å². The minimum atomic E-state index is 0.396. The molecule has 1 rings (SSSR count). The zero-order valence-electron chi connectivity index (χ0n) is 7.30. The summed E-state index contributed by atoms with van der Waals surface area (Å²) in [6.07, 6.45) is 2.95. The van der Waals surface area contributed by atoms with Crippen LogP contribution in [0.5, 0.6) is 0 Å². The van der Waals surface area contributed by atoms with Gasteiger partial charge in [0, 0.05) is 26.1 Å². The lowest BCUT2D eigenvalue weighted by Crippen LogP contribution is -2.11. The Morgan fingerprint density at radius 2 is 2.27 bits per heavy atom. The summed E-state index contributed by atoms with van der Waals surface area (Å²) < 4.78 is 4.95. The Bertz CT molecular complexity index is 138. The molecule has 0 saturated heterocycles. The van der Waals surface area contributed by atoms with Gasteiger partial charge in [0.05, 0.1) is 0 Å². The molecule has 0 aromatic carbocycles. The Kier molecular flexibility index (Phi) is 3.06. The Morgan fingerprint density at radius 3 is 2.73 bits per heavy atom. The van der Waals surface area contributed by atoms with E-state index in [4.69, 9.17) is 4.74 Å². The first-order chi connectivity index (χ1) is 5.24. The van der Waals surface area contributed by atoms with Crippen LogP contribution in [0.3, 0.4) is 0 Å². The predicted octanol–water partition coefficient (Wildman–Crippen LogP) is 1.64. The van der Waals surface area contributed by atoms with Gasteiger partial charge in [-0.05, 0) is 18.8 Å². The van der Waals surface area contributed by atoms with Crippen molar-refractivity contribution in [1.82, 2.24) is 0 Å². The first-order valence-corrected chi connectivity index (χ1v) is 4.25. The third kappa shape index (κ3) is 3.02. The van der Waals surface area contributed by atoms with E-state index in [0.29, 0.717) is 30.6 Å². The van der Waals surface area contributed by atoms with Crippen molar-refractivity contribution in [3.63, 3.8) is 0 Å². The molecule has 0 radical (unpaired) electrons. The van der Waals surface area contributed by atoms with Gasteiger partial charge in [-0.15, -0.1) is 0 Å². The average molecular weight is 156 g/mol. The summed E-state index contributed by atoms with van der Waals surface area (Å²) in [6.45, 7) is 2.77. The van der Waals surface area contributed by atoms with Crippen molar-refractivity contribution in [3.8, 4) is 0 Å². The molecular weight excluding hydrogens is 140 g/mol. The Hall–Kier alpha value is -0.370. The molecule has 64 valence electrons. The number of Topliss-reactive ketones (excluding diaryl/α,β-unsaturated/α-hetero) is 1. The molecule has 1 aliphatic rings. The fraction of sp³-hybridized carbons (Fsp3) is 0.889. The van der Waals surface area contributed by atoms with Crippen molar-refractivity contribution in [2.45, 2.75) is 26.2 Å². The highest BCUT2D eigenvalue weighted by molar-refractivity contribution is 5.83. The molecule has 0 aromatic rings. The maximum Gasteiger partial charge on any atom is 0.136 e. The second kappa shape index (κ2) is 3.86. The van der Waals surface area contributed by atoms with Gasteiger partial charge >= 0.3 is 0 Å². The van der Waals surface area contributed by atoms with Crippen LogP contribution in [-0.4, -0.2) is 19.5 Å². The third-order valence-electron chi connectivity index (χ3n) is 2.03. The summed E-state index contributed by atoms with van der Waals surface area (Å²) in [6, 6.07) is 0. The molecule has 0 N–H and O–H groups in total. The van der Waals surface area contributed by atoms with Gasteiger partial charge in [0.25, 0.3) is 0 Å². The van der Waals surface area contributed by atoms with Crippen molar-refractivity contribution in [3.05, 3.63) is 0 Å². The Labute approximate surface area is 67.9 Å². The van der Waals surface area contributed by atoms with Crippen LogP contribution in [0.2, 0.25) is 0 Å². The van der Waals surface area contributed by atoms with E-state index in [2.05, 4.69) is 6.92 Å². The molecule has 2 heteroatoms. The minimum absolute atomic E-state index is 0.396. The lowest BCUT2D eigenvalue weighted by atomic mass is 10.0. The molecule has 1 saturated carbocycles. The fourth-order valence-corrected chi connectivity index (χ4v) is 1.26. The largest absolute Gasteiger partial charge is 0.384 e. The van der Waals surface area contributed by atoms with E-state index in [1.54, 1.807) is 7.11 Å². The van der Waals surface area contributed by atoms with Crippen LogP contribution in [0.25, 0.3) is 0 Å². The number of hydrogen-bond acceptors (Lipinski definition) is 2. The number of ketones is 1. The predicted molar refractivity (Wildman–Crippen MR) is 43.4 cm³/mol. The lowest BCUT2D eigenvalue weighted by Gasteiger charge is -2.07. The van der Waals surface area contributed by atoms with E-state index in [1.165, 1.54) is 0 Å².